The van der Waals surface area contributed by atoms with Gasteiger partial charge >= 0.3 is 12.3 Å². The minimum absolute atomic E-state index is 0.224. The van der Waals surface area contributed by atoms with Gasteiger partial charge in [0.1, 0.15) is 13.2 Å². The molecule has 1 aromatic rings. The Morgan fingerprint density at radius 1 is 0.955 bits per heavy atom. The number of nitrogens with zero attached hydrogens (tertiary/aromatic N) is 1. The average molecular weight is 307 g/mol. The van der Waals surface area contributed by atoms with Crippen molar-refractivity contribution in [3.8, 4) is 0 Å². The summed E-state index contributed by atoms with van der Waals surface area (Å²) in [6, 6.07) is 7.95. The minimum atomic E-state index is -0.649. The maximum atomic E-state index is 11.1. The van der Waals surface area contributed by atoms with Gasteiger partial charge in [-0.1, -0.05) is 17.7 Å². The molecule has 2 aliphatic heterocycles. The van der Waals surface area contributed by atoms with Gasteiger partial charge in [0.25, 0.3) is 0 Å². The number of ether oxygens (including phenoxy) is 4. The van der Waals surface area contributed by atoms with Gasteiger partial charge in [-0.2, -0.15) is 0 Å². The number of rotatable bonds is 5. The largest absolute Gasteiger partial charge is 0.508 e. The predicted octanol–water partition coefficient (Wildman–Crippen LogP) is 1.87. The Kier molecular flexibility index (Phi) is 4.04. The molecule has 7 nitrogen and oxygen atoms in total. The Morgan fingerprint density at radius 3 is 1.86 bits per heavy atom. The van der Waals surface area contributed by atoms with Crippen molar-refractivity contribution in [2.45, 2.75) is 19.1 Å². The van der Waals surface area contributed by atoms with Gasteiger partial charge in [-0.05, 0) is 19.1 Å². The van der Waals surface area contributed by atoms with Crippen LogP contribution in [0.3, 0.4) is 0 Å². The number of cyclic esters (lactones) is 4. The van der Waals surface area contributed by atoms with Gasteiger partial charge in [0, 0.05) is 5.69 Å². The molecule has 0 bridgehead atoms. The standard InChI is InChI=1S/C15H17NO6/c1-10-2-4-11(5-3-10)16(6-12-8-19-14(17)21-12)7-13-9-20-15(18)22-13/h2-5,12-13H,6-9H2,1H3. The van der Waals surface area contributed by atoms with Gasteiger partial charge < -0.3 is 23.8 Å². The molecule has 0 aliphatic carbocycles. The highest BCUT2D eigenvalue weighted by Gasteiger charge is 2.31. The molecular formula is C15H17NO6. The summed E-state index contributed by atoms with van der Waals surface area (Å²) in [6.07, 6.45) is -1.98. The number of hydrogen-bond acceptors (Lipinski definition) is 7. The molecule has 22 heavy (non-hydrogen) atoms. The van der Waals surface area contributed by atoms with Crippen molar-refractivity contribution >= 4 is 18.0 Å². The van der Waals surface area contributed by atoms with Gasteiger partial charge in [-0.15, -0.1) is 0 Å². The Labute approximate surface area is 127 Å². The fraction of sp³-hybridized carbons (Fsp3) is 0.467. The summed E-state index contributed by atoms with van der Waals surface area (Å²) in [7, 11) is 0. The smallest absolute Gasteiger partial charge is 0.430 e. The molecule has 3 rings (SSSR count). The molecule has 0 amide bonds. The zero-order valence-electron chi connectivity index (χ0n) is 12.2. The molecule has 2 heterocycles. The van der Waals surface area contributed by atoms with Crippen LogP contribution < -0.4 is 4.90 Å². The van der Waals surface area contributed by atoms with Gasteiger partial charge in [-0.3, -0.25) is 0 Å². The van der Waals surface area contributed by atoms with E-state index >= 15 is 0 Å². The van der Waals surface area contributed by atoms with Crippen LogP contribution in [0.4, 0.5) is 15.3 Å². The normalized spacial score (nSPS) is 23.5. The quantitative estimate of drug-likeness (QED) is 0.769. The second-order valence-electron chi connectivity index (χ2n) is 5.34. The summed E-state index contributed by atoms with van der Waals surface area (Å²) in [6.45, 7) is 3.38. The molecule has 2 aliphatic rings. The highest BCUT2D eigenvalue weighted by molar-refractivity contribution is 5.63. The summed E-state index contributed by atoms with van der Waals surface area (Å²) in [5, 5.41) is 0. The SMILES string of the molecule is Cc1ccc(N(CC2COC(=O)O2)CC2COC(=O)O2)cc1. The van der Waals surface area contributed by atoms with E-state index in [0.717, 1.165) is 11.3 Å². The molecular weight excluding hydrogens is 290 g/mol. The van der Waals surface area contributed by atoms with Crippen molar-refractivity contribution in [3.63, 3.8) is 0 Å². The summed E-state index contributed by atoms with van der Waals surface area (Å²) in [4.78, 5) is 24.1. The van der Waals surface area contributed by atoms with Crippen LogP contribution in [-0.4, -0.2) is 50.8 Å². The maximum Gasteiger partial charge on any atom is 0.508 e. The Morgan fingerprint density at radius 2 is 1.45 bits per heavy atom. The van der Waals surface area contributed by atoms with E-state index in [0.29, 0.717) is 13.1 Å². The second-order valence-corrected chi connectivity index (χ2v) is 5.34. The van der Waals surface area contributed by atoms with Crippen LogP contribution in [0.5, 0.6) is 0 Å². The van der Waals surface area contributed by atoms with Gasteiger partial charge in [0.05, 0.1) is 13.1 Å². The van der Waals surface area contributed by atoms with Crippen LogP contribution in [0.15, 0.2) is 24.3 Å². The number of benzene rings is 1. The molecule has 0 N–H and O–H groups in total. The molecule has 7 heteroatoms. The van der Waals surface area contributed by atoms with Crippen molar-refractivity contribution in [3.05, 3.63) is 29.8 Å². The van der Waals surface area contributed by atoms with Crippen molar-refractivity contribution in [1.82, 2.24) is 0 Å². The van der Waals surface area contributed by atoms with E-state index in [1.807, 2.05) is 36.1 Å². The number of hydrogen-bond donors (Lipinski definition) is 0. The summed E-state index contributed by atoms with van der Waals surface area (Å²) in [5.74, 6) is 0. The summed E-state index contributed by atoms with van der Waals surface area (Å²) < 4.78 is 19.8. The topological polar surface area (TPSA) is 74.3 Å². The minimum Gasteiger partial charge on any atom is -0.430 e. The van der Waals surface area contributed by atoms with Crippen LogP contribution in [0.1, 0.15) is 5.56 Å². The Balaban J connectivity index is 1.70. The zero-order chi connectivity index (χ0) is 15.5. The highest BCUT2D eigenvalue weighted by atomic mass is 16.8. The fourth-order valence-corrected chi connectivity index (χ4v) is 2.44. The lowest BCUT2D eigenvalue weighted by atomic mass is 10.2. The van der Waals surface area contributed by atoms with E-state index in [-0.39, 0.29) is 25.4 Å². The summed E-state index contributed by atoms with van der Waals surface area (Å²) in [5.41, 5.74) is 2.10. The Bertz CT molecular complexity index is 530. The fourth-order valence-electron chi connectivity index (χ4n) is 2.44. The summed E-state index contributed by atoms with van der Waals surface area (Å²) >= 11 is 0. The van der Waals surface area contributed by atoms with Crippen LogP contribution in [0.25, 0.3) is 0 Å². The van der Waals surface area contributed by atoms with E-state index in [9.17, 15) is 9.59 Å². The maximum absolute atomic E-state index is 11.1. The van der Waals surface area contributed by atoms with E-state index in [1.165, 1.54) is 0 Å². The lowest BCUT2D eigenvalue weighted by molar-refractivity contribution is 0.116. The molecule has 118 valence electrons. The first-order valence-corrected chi connectivity index (χ1v) is 7.08. The molecule has 0 saturated carbocycles. The van der Waals surface area contributed by atoms with E-state index < -0.39 is 12.3 Å². The van der Waals surface area contributed by atoms with Gasteiger partial charge in [0.2, 0.25) is 0 Å². The molecule has 2 fully saturated rings. The third kappa shape index (κ3) is 3.41. The van der Waals surface area contributed by atoms with Crippen LogP contribution >= 0.6 is 0 Å². The van der Waals surface area contributed by atoms with E-state index in [2.05, 4.69) is 0 Å². The molecule has 2 unspecified atom stereocenters. The van der Waals surface area contributed by atoms with Crippen molar-refractivity contribution in [2.75, 3.05) is 31.2 Å². The highest BCUT2D eigenvalue weighted by Crippen LogP contribution is 2.20. The molecule has 2 saturated heterocycles. The molecule has 0 spiro atoms. The zero-order valence-corrected chi connectivity index (χ0v) is 12.2. The lowest BCUT2D eigenvalue weighted by Crippen LogP contribution is -2.39. The van der Waals surface area contributed by atoms with E-state index in [4.69, 9.17) is 18.9 Å². The van der Waals surface area contributed by atoms with Gasteiger partial charge in [0.15, 0.2) is 12.2 Å². The number of anilines is 1. The average Bonchev–Trinajstić information content (AvgIpc) is 3.08. The molecule has 2 atom stereocenters. The molecule has 0 aromatic heterocycles. The second kappa shape index (κ2) is 6.13. The third-order valence-corrected chi connectivity index (χ3v) is 3.55. The van der Waals surface area contributed by atoms with Crippen LogP contribution in [0.2, 0.25) is 0 Å². The monoisotopic (exact) mass is 307 g/mol. The predicted molar refractivity (Wildman–Crippen MR) is 75.8 cm³/mol. The van der Waals surface area contributed by atoms with Crippen LogP contribution in [-0.2, 0) is 18.9 Å². The van der Waals surface area contributed by atoms with Crippen molar-refractivity contribution in [1.29, 1.82) is 0 Å². The number of carbonyl (C=O) groups is 2. The first-order valence-electron chi connectivity index (χ1n) is 7.08. The molecule has 1 aromatic carbocycles. The van der Waals surface area contributed by atoms with Crippen LogP contribution in [0, 0.1) is 6.92 Å². The molecule has 0 radical (unpaired) electrons. The first kappa shape index (κ1) is 14.5. The van der Waals surface area contributed by atoms with E-state index in [1.54, 1.807) is 0 Å². The number of aryl methyl sites for hydroxylation is 1. The van der Waals surface area contributed by atoms with Crippen molar-refractivity contribution < 1.29 is 28.5 Å². The number of carbonyl (C=O) groups excluding carboxylic acids is 2. The lowest BCUT2D eigenvalue weighted by Gasteiger charge is -2.27. The third-order valence-electron chi connectivity index (χ3n) is 3.55. The van der Waals surface area contributed by atoms with Crippen molar-refractivity contribution in [2.24, 2.45) is 0 Å². The Hall–Kier alpha value is -2.44. The van der Waals surface area contributed by atoms with Gasteiger partial charge in [-0.25, -0.2) is 9.59 Å². The first-order chi connectivity index (χ1) is 10.6.